The minimum Gasteiger partial charge on any atom is -0.476 e. The van der Waals surface area contributed by atoms with Crippen molar-refractivity contribution in [2.75, 3.05) is 0 Å². The van der Waals surface area contributed by atoms with Crippen molar-refractivity contribution in [2.24, 2.45) is 5.92 Å². The minimum atomic E-state index is -3.66. The summed E-state index contributed by atoms with van der Waals surface area (Å²) >= 11 is 0. The van der Waals surface area contributed by atoms with Crippen LogP contribution in [-0.4, -0.2) is 39.1 Å². The SMILES string of the molecule is C[C@@H](O)C1C(=O)N2C(C(=O)O)=C(OP(=O)(c3ccccc3)c3ccccc3)CC12. The normalized spacial score (nSPS) is 22.1. The van der Waals surface area contributed by atoms with E-state index in [1.54, 1.807) is 60.7 Å². The predicted molar refractivity (Wildman–Crippen MR) is 106 cm³/mol. The molecule has 2 aliphatic rings. The Hall–Kier alpha value is -2.89. The molecule has 2 aromatic rings. The van der Waals surface area contributed by atoms with Gasteiger partial charge in [0.05, 0.1) is 28.7 Å². The van der Waals surface area contributed by atoms with Crippen LogP contribution in [0.2, 0.25) is 0 Å². The van der Waals surface area contributed by atoms with Crippen molar-refractivity contribution >= 4 is 29.9 Å². The number of carboxylic acid groups (broad SMARTS) is 1. The number of benzene rings is 2. The monoisotopic (exact) mass is 413 g/mol. The molecule has 2 aromatic carbocycles. The van der Waals surface area contributed by atoms with Crippen LogP contribution >= 0.6 is 7.37 Å². The molecule has 7 nitrogen and oxygen atoms in total. The van der Waals surface area contributed by atoms with E-state index in [0.717, 1.165) is 4.90 Å². The summed E-state index contributed by atoms with van der Waals surface area (Å²) in [5.41, 5.74) is -0.302. The predicted octanol–water partition coefficient (Wildman–Crippen LogP) is 1.84. The molecule has 0 spiro atoms. The number of hydrogen-bond acceptors (Lipinski definition) is 5. The zero-order valence-electron chi connectivity index (χ0n) is 15.6. The van der Waals surface area contributed by atoms with Gasteiger partial charge in [0.15, 0.2) is 5.70 Å². The third-order valence-corrected chi connectivity index (χ3v) is 7.76. The second-order valence-electron chi connectivity index (χ2n) is 7.14. The van der Waals surface area contributed by atoms with E-state index in [4.69, 9.17) is 4.52 Å². The van der Waals surface area contributed by atoms with Crippen LogP contribution in [-0.2, 0) is 18.7 Å². The number of aliphatic hydroxyl groups is 1. The summed E-state index contributed by atoms with van der Waals surface area (Å²) < 4.78 is 20.1. The largest absolute Gasteiger partial charge is 0.476 e. The highest BCUT2D eigenvalue weighted by atomic mass is 31.2. The lowest BCUT2D eigenvalue weighted by atomic mass is 9.83. The van der Waals surface area contributed by atoms with Crippen LogP contribution in [0.3, 0.4) is 0 Å². The number of nitrogens with zero attached hydrogens (tertiary/aromatic N) is 1. The van der Waals surface area contributed by atoms with Crippen molar-refractivity contribution in [1.29, 1.82) is 0 Å². The third-order valence-electron chi connectivity index (χ3n) is 5.32. The Kier molecular flexibility index (Phi) is 4.81. The maximum atomic E-state index is 14.1. The van der Waals surface area contributed by atoms with Crippen molar-refractivity contribution in [3.8, 4) is 0 Å². The number of aliphatic carboxylic acids is 1. The number of rotatable bonds is 6. The fourth-order valence-electron chi connectivity index (χ4n) is 3.97. The van der Waals surface area contributed by atoms with Gasteiger partial charge in [-0.15, -0.1) is 0 Å². The summed E-state index contributed by atoms with van der Waals surface area (Å²) in [6, 6.07) is 16.7. The smallest absolute Gasteiger partial charge is 0.356 e. The fraction of sp³-hybridized carbons (Fsp3) is 0.238. The van der Waals surface area contributed by atoms with Gasteiger partial charge in [-0.25, -0.2) is 4.79 Å². The first-order valence-corrected chi connectivity index (χ1v) is 10.9. The lowest BCUT2D eigenvalue weighted by molar-refractivity contribution is -0.161. The topological polar surface area (TPSA) is 104 Å². The maximum Gasteiger partial charge on any atom is 0.356 e. The van der Waals surface area contributed by atoms with Gasteiger partial charge < -0.3 is 14.7 Å². The number of aliphatic hydroxyl groups excluding tert-OH is 1. The summed E-state index contributed by atoms with van der Waals surface area (Å²) in [6.45, 7) is 1.50. The molecule has 0 radical (unpaired) electrons. The second-order valence-corrected chi connectivity index (χ2v) is 9.46. The molecule has 2 heterocycles. The summed E-state index contributed by atoms with van der Waals surface area (Å²) in [5.74, 6) is -2.49. The average Bonchev–Trinajstić information content (AvgIpc) is 3.03. The van der Waals surface area contributed by atoms with Gasteiger partial charge in [-0.3, -0.25) is 14.3 Å². The first-order chi connectivity index (χ1) is 13.8. The van der Waals surface area contributed by atoms with Crippen LogP contribution in [0.4, 0.5) is 0 Å². The molecule has 3 atom stereocenters. The lowest BCUT2D eigenvalue weighted by Gasteiger charge is -2.44. The molecule has 1 saturated heterocycles. The number of carboxylic acids is 1. The molecule has 2 aliphatic heterocycles. The Labute approximate surface area is 167 Å². The van der Waals surface area contributed by atoms with E-state index in [2.05, 4.69) is 0 Å². The standard InChI is InChI=1S/C21H20NO6P/c1-13(23)18-16-12-17(19(21(25)26)22(16)20(18)24)28-29(27,14-8-4-2-5-9-14)15-10-6-3-7-11-15/h2-11,13,16,18,23H,12H2,1H3,(H,25,26)/t13-,16?,18?/m1/s1. The molecule has 4 rings (SSSR count). The highest BCUT2D eigenvalue weighted by Gasteiger charge is 2.58. The summed E-state index contributed by atoms with van der Waals surface area (Å²) in [7, 11) is -3.66. The van der Waals surface area contributed by atoms with Crippen molar-refractivity contribution in [1.82, 2.24) is 4.90 Å². The van der Waals surface area contributed by atoms with Gasteiger partial charge in [-0.05, 0) is 31.2 Å². The molecule has 2 unspecified atom stereocenters. The Balaban J connectivity index is 1.78. The number of β-lactam (4-membered cyclic amide) rings is 1. The van der Waals surface area contributed by atoms with E-state index in [9.17, 15) is 24.4 Å². The van der Waals surface area contributed by atoms with E-state index in [-0.39, 0.29) is 17.9 Å². The maximum absolute atomic E-state index is 14.1. The zero-order chi connectivity index (χ0) is 20.8. The number of amides is 1. The van der Waals surface area contributed by atoms with Gasteiger partial charge in [0, 0.05) is 6.42 Å². The third kappa shape index (κ3) is 3.07. The summed E-state index contributed by atoms with van der Waals surface area (Å²) in [5, 5.41) is 20.4. The van der Waals surface area contributed by atoms with Crippen LogP contribution < -0.4 is 10.6 Å². The van der Waals surface area contributed by atoms with Crippen LogP contribution in [0.15, 0.2) is 72.1 Å². The van der Waals surface area contributed by atoms with Crippen molar-refractivity contribution in [3.05, 3.63) is 72.1 Å². The zero-order valence-corrected chi connectivity index (χ0v) is 16.5. The first kappa shape index (κ1) is 19.4. The molecule has 0 saturated carbocycles. The van der Waals surface area contributed by atoms with E-state index >= 15 is 0 Å². The van der Waals surface area contributed by atoms with Gasteiger partial charge in [-0.2, -0.15) is 0 Å². The molecule has 1 fully saturated rings. The van der Waals surface area contributed by atoms with Gasteiger partial charge in [0.2, 0.25) is 5.91 Å². The molecule has 8 heteroatoms. The Bertz CT molecular complexity index is 990. The highest BCUT2D eigenvalue weighted by molar-refractivity contribution is 7.74. The Morgan fingerprint density at radius 2 is 1.62 bits per heavy atom. The Morgan fingerprint density at radius 1 is 1.10 bits per heavy atom. The van der Waals surface area contributed by atoms with Crippen molar-refractivity contribution in [2.45, 2.75) is 25.5 Å². The van der Waals surface area contributed by atoms with E-state index in [1.807, 2.05) is 0 Å². The molecule has 29 heavy (non-hydrogen) atoms. The molecular formula is C21H20NO6P. The highest BCUT2D eigenvalue weighted by Crippen LogP contribution is 2.52. The number of carbonyl (C=O) groups excluding carboxylic acids is 1. The molecule has 0 aliphatic carbocycles. The molecule has 0 bridgehead atoms. The molecule has 1 amide bonds. The number of carbonyl (C=O) groups is 2. The molecule has 0 aromatic heterocycles. The van der Waals surface area contributed by atoms with Crippen LogP contribution in [0.1, 0.15) is 13.3 Å². The molecule has 150 valence electrons. The summed E-state index contributed by atoms with van der Waals surface area (Å²) in [6.07, 6.45) is -0.819. The van der Waals surface area contributed by atoms with E-state index in [0.29, 0.717) is 10.6 Å². The van der Waals surface area contributed by atoms with Gasteiger partial charge in [-0.1, -0.05) is 36.4 Å². The lowest BCUT2D eigenvalue weighted by Crippen LogP contribution is -2.61. The van der Waals surface area contributed by atoms with E-state index < -0.39 is 37.3 Å². The van der Waals surface area contributed by atoms with E-state index in [1.165, 1.54) is 6.92 Å². The van der Waals surface area contributed by atoms with Crippen LogP contribution in [0.25, 0.3) is 0 Å². The first-order valence-electron chi connectivity index (χ1n) is 9.23. The number of fused-ring (bicyclic) bond motifs is 1. The fourth-order valence-corrected chi connectivity index (χ4v) is 6.08. The van der Waals surface area contributed by atoms with Crippen LogP contribution in [0.5, 0.6) is 0 Å². The van der Waals surface area contributed by atoms with Gasteiger partial charge in [0.25, 0.3) is 0 Å². The second kappa shape index (κ2) is 7.17. The Morgan fingerprint density at radius 3 is 2.07 bits per heavy atom. The van der Waals surface area contributed by atoms with Crippen LogP contribution in [0, 0.1) is 5.92 Å². The van der Waals surface area contributed by atoms with Gasteiger partial charge >= 0.3 is 13.3 Å². The van der Waals surface area contributed by atoms with Crippen molar-refractivity contribution in [3.63, 3.8) is 0 Å². The average molecular weight is 413 g/mol. The van der Waals surface area contributed by atoms with Gasteiger partial charge in [0.1, 0.15) is 5.76 Å². The van der Waals surface area contributed by atoms with Crippen molar-refractivity contribution < 1.29 is 28.9 Å². The quantitative estimate of drug-likeness (QED) is 0.553. The summed E-state index contributed by atoms with van der Waals surface area (Å²) in [4.78, 5) is 25.4. The number of hydrogen-bond donors (Lipinski definition) is 2. The molecule has 2 N–H and O–H groups in total. The minimum absolute atomic E-state index is 0.00459. The molecular weight excluding hydrogens is 393 g/mol.